The molecular formula is C24H22N2O4. The van der Waals surface area contributed by atoms with Crippen LogP contribution < -0.4 is 10.1 Å². The van der Waals surface area contributed by atoms with Gasteiger partial charge in [-0.3, -0.25) is 4.79 Å². The van der Waals surface area contributed by atoms with Gasteiger partial charge in [0, 0.05) is 29.5 Å². The van der Waals surface area contributed by atoms with Crippen molar-refractivity contribution in [2.75, 3.05) is 12.4 Å². The molecule has 0 amide bonds. The fourth-order valence-electron chi connectivity index (χ4n) is 4.68. The summed E-state index contributed by atoms with van der Waals surface area (Å²) in [6.07, 6.45) is 0.955. The number of ketones is 1. The lowest BCUT2D eigenvalue weighted by molar-refractivity contribution is -0.116. The topological polar surface area (TPSA) is 84.6 Å². The van der Waals surface area contributed by atoms with Crippen molar-refractivity contribution in [1.29, 1.82) is 0 Å². The molecule has 2 atom stereocenters. The van der Waals surface area contributed by atoms with Gasteiger partial charge in [-0.1, -0.05) is 35.5 Å². The molecule has 0 bridgehead atoms. The number of nitrogens with zero attached hydrogens (tertiary/aromatic N) is 1. The van der Waals surface area contributed by atoms with E-state index in [-0.39, 0.29) is 23.4 Å². The number of Topliss-reactive ketones (excluding diaryl/α,β-unsaturated/α-hetero) is 1. The Kier molecular flexibility index (Phi) is 4.35. The maximum absolute atomic E-state index is 13.4. The first-order valence-electron chi connectivity index (χ1n) is 9.98. The van der Waals surface area contributed by atoms with Crippen LogP contribution in [0.3, 0.4) is 0 Å². The van der Waals surface area contributed by atoms with E-state index in [0.717, 1.165) is 39.4 Å². The van der Waals surface area contributed by atoms with Crippen molar-refractivity contribution in [1.82, 2.24) is 5.16 Å². The number of hydrogen-bond donors (Lipinski definition) is 2. The van der Waals surface area contributed by atoms with Crippen molar-refractivity contribution in [3.8, 4) is 11.5 Å². The SMILES string of the molecule is COc1cccc([C@@H]2C3=C(C[C@H](c4ccccc4O)CC3=O)Nc3onc(C)c32)c1. The van der Waals surface area contributed by atoms with E-state index in [0.29, 0.717) is 18.7 Å². The van der Waals surface area contributed by atoms with Gasteiger partial charge in [0.25, 0.3) is 0 Å². The number of anilines is 1. The molecular weight excluding hydrogens is 380 g/mol. The number of carbonyl (C=O) groups excluding carboxylic acids is 1. The summed E-state index contributed by atoms with van der Waals surface area (Å²) in [6, 6.07) is 15.0. The number of benzene rings is 2. The molecule has 0 fully saturated rings. The highest BCUT2D eigenvalue weighted by atomic mass is 16.5. The number of aromatic hydroxyl groups is 1. The average molecular weight is 402 g/mol. The molecule has 30 heavy (non-hydrogen) atoms. The van der Waals surface area contributed by atoms with Crippen molar-refractivity contribution in [2.24, 2.45) is 0 Å². The second-order valence-electron chi connectivity index (χ2n) is 7.82. The number of fused-ring (bicyclic) bond motifs is 1. The molecule has 0 unspecified atom stereocenters. The molecule has 2 aromatic carbocycles. The van der Waals surface area contributed by atoms with Crippen LogP contribution in [0.25, 0.3) is 0 Å². The van der Waals surface area contributed by atoms with Gasteiger partial charge in [0.2, 0.25) is 5.88 Å². The minimum Gasteiger partial charge on any atom is -0.508 e. The lowest BCUT2D eigenvalue weighted by atomic mass is 9.72. The summed E-state index contributed by atoms with van der Waals surface area (Å²) in [6.45, 7) is 1.89. The second kappa shape index (κ2) is 7.06. The number of methoxy groups -OCH3 is 1. The molecule has 0 saturated carbocycles. The first-order chi connectivity index (χ1) is 14.6. The van der Waals surface area contributed by atoms with E-state index in [2.05, 4.69) is 10.5 Å². The van der Waals surface area contributed by atoms with E-state index in [9.17, 15) is 9.90 Å². The zero-order valence-corrected chi connectivity index (χ0v) is 16.8. The summed E-state index contributed by atoms with van der Waals surface area (Å²) in [5.74, 6) is 1.23. The van der Waals surface area contributed by atoms with Crippen LogP contribution in [0.4, 0.5) is 5.88 Å². The molecule has 6 nitrogen and oxygen atoms in total. The van der Waals surface area contributed by atoms with Crippen molar-refractivity contribution < 1.29 is 19.2 Å². The molecule has 6 heteroatoms. The molecule has 1 aromatic heterocycles. The number of aryl methyl sites for hydroxylation is 1. The summed E-state index contributed by atoms with van der Waals surface area (Å²) in [5.41, 5.74) is 4.97. The molecule has 0 spiro atoms. The predicted octanol–water partition coefficient (Wildman–Crippen LogP) is 4.66. The van der Waals surface area contributed by atoms with E-state index in [1.54, 1.807) is 19.2 Å². The second-order valence-corrected chi connectivity index (χ2v) is 7.82. The number of aromatic nitrogens is 1. The van der Waals surface area contributed by atoms with Gasteiger partial charge in [-0.15, -0.1) is 0 Å². The number of allylic oxidation sites excluding steroid dienone is 2. The van der Waals surface area contributed by atoms with Crippen molar-refractivity contribution in [3.05, 3.63) is 82.2 Å². The van der Waals surface area contributed by atoms with E-state index >= 15 is 0 Å². The molecule has 1 aliphatic carbocycles. The van der Waals surface area contributed by atoms with Crippen molar-refractivity contribution >= 4 is 11.7 Å². The first-order valence-corrected chi connectivity index (χ1v) is 9.98. The van der Waals surface area contributed by atoms with Gasteiger partial charge in [0.15, 0.2) is 5.78 Å². The standard InChI is InChI=1S/C24H22N2O4/c1-13-21-22(14-6-5-7-16(10-14)29-2)23-18(25-24(21)30-26-13)11-15(12-20(23)28)17-8-3-4-9-19(17)27/h3-10,15,22,25,27H,11-12H2,1-2H3/t15-,22-/m0/s1. The van der Waals surface area contributed by atoms with Gasteiger partial charge in [-0.05, 0) is 42.7 Å². The number of phenolic OH excluding ortho intramolecular Hbond substituents is 1. The van der Waals surface area contributed by atoms with E-state index in [1.807, 2.05) is 43.3 Å². The van der Waals surface area contributed by atoms with Gasteiger partial charge in [0.1, 0.15) is 11.5 Å². The molecule has 0 saturated heterocycles. The molecule has 5 rings (SSSR count). The quantitative estimate of drug-likeness (QED) is 0.663. The molecule has 2 aliphatic rings. The molecule has 3 aromatic rings. The van der Waals surface area contributed by atoms with E-state index in [4.69, 9.17) is 9.26 Å². The van der Waals surface area contributed by atoms with Crippen LogP contribution in [0.2, 0.25) is 0 Å². The average Bonchev–Trinajstić information content (AvgIpc) is 3.13. The zero-order valence-electron chi connectivity index (χ0n) is 16.8. The highest BCUT2D eigenvalue weighted by molar-refractivity contribution is 6.01. The third-order valence-electron chi connectivity index (χ3n) is 6.06. The highest BCUT2D eigenvalue weighted by Gasteiger charge is 2.41. The third-order valence-corrected chi connectivity index (χ3v) is 6.06. The summed E-state index contributed by atoms with van der Waals surface area (Å²) < 4.78 is 11.0. The zero-order chi connectivity index (χ0) is 20.8. The number of carbonyl (C=O) groups is 1. The Hall–Kier alpha value is -3.54. The molecule has 2 heterocycles. The Morgan fingerprint density at radius 1 is 1.17 bits per heavy atom. The van der Waals surface area contributed by atoms with Crippen molar-refractivity contribution in [3.63, 3.8) is 0 Å². The summed E-state index contributed by atoms with van der Waals surface area (Å²) in [5, 5.41) is 17.8. The Morgan fingerprint density at radius 3 is 2.80 bits per heavy atom. The van der Waals surface area contributed by atoms with Gasteiger partial charge in [-0.2, -0.15) is 0 Å². The Labute approximate surface area is 174 Å². The molecule has 2 N–H and O–H groups in total. The van der Waals surface area contributed by atoms with Gasteiger partial charge in [-0.25, -0.2) is 0 Å². The van der Waals surface area contributed by atoms with E-state index in [1.165, 1.54) is 0 Å². The van der Waals surface area contributed by atoms with Crippen LogP contribution in [0.1, 0.15) is 47.1 Å². The van der Waals surface area contributed by atoms with Crippen LogP contribution in [-0.4, -0.2) is 23.2 Å². The van der Waals surface area contributed by atoms with Crippen molar-refractivity contribution in [2.45, 2.75) is 31.6 Å². The number of para-hydroxylation sites is 1. The fraction of sp³-hybridized carbons (Fsp3) is 0.250. The van der Waals surface area contributed by atoms with Gasteiger partial charge in [0.05, 0.1) is 18.4 Å². The number of nitrogens with one attached hydrogen (secondary N) is 1. The minimum absolute atomic E-state index is 0.0658. The van der Waals surface area contributed by atoms with Gasteiger partial charge >= 0.3 is 0 Å². The maximum Gasteiger partial charge on any atom is 0.233 e. The third kappa shape index (κ3) is 2.87. The predicted molar refractivity (Wildman–Crippen MR) is 112 cm³/mol. The number of rotatable bonds is 3. The molecule has 152 valence electrons. The van der Waals surface area contributed by atoms with Gasteiger partial charge < -0.3 is 19.7 Å². The monoisotopic (exact) mass is 402 g/mol. The summed E-state index contributed by atoms with van der Waals surface area (Å²) in [4.78, 5) is 13.4. The highest BCUT2D eigenvalue weighted by Crippen LogP contribution is 2.50. The van der Waals surface area contributed by atoms with Crippen LogP contribution in [0.15, 0.2) is 64.3 Å². The van der Waals surface area contributed by atoms with E-state index < -0.39 is 0 Å². The smallest absolute Gasteiger partial charge is 0.233 e. The Morgan fingerprint density at radius 2 is 2.00 bits per heavy atom. The summed E-state index contributed by atoms with van der Waals surface area (Å²) in [7, 11) is 1.63. The largest absolute Gasteiger partial charge is 0.508 e. The minimum atomic E-state index is -0.268. The van der Waals surface area contributed by atoms with Crippen LogP contribution >= 0.6 is 0 Å². The fourth-order valence-corrected chi connectivity index (χ4v) is 4.68. The van der Waals surface area contributed by atoms with Crippen LogP contribution in [0.5, 0.6) is 11.5 Å². The Balaban J connectivity index is 1.64. The number of hydrogen-bond acceptors (Lipinski definition) is 6. The number of phenols is 1. The van der Waals surface area contributed by atoms with Crippen LogP contribution in [0, 0.1) is 6.92 Å². The maximum atomic E-state index is 13.4. The number of ether oxygens (including phenoxy) is 1. The lowest BCUT2D eigenvalue weighted by Gasteiger charge is -2.34. The lowest BCUT2D eigenvalue weighted by Crippen LogP contribution is -2.29. The first kappa shape index (κ1) is 18.5. The summed E-state index contributed by atoms with van der Waals surface area (Å²) >= 11 is 0. The van der Waals surface area contributed by atoms with Crippen LogP contribution in [-0.2, 0) is 4.79 Å². The molecule has 1 aliphatic heterocycles. The molecule has 0 radical (unpaired) electrons. The normalized spacial score (nSPS) is 20.4. The Bertz CT molecular complexity index is 1180.